The normalized spacial score (nSPS) is 14.6. The molecule has 10 heteroatoms. The number of methoxy groups -OCH3 is 1. The first-order chi connectivity index (χ1) is 17.6. The summed E-state index contributed by atoms with van der Waals surface area (Å²) in [6, 6.07) is 7.78. The molecule has 1 saturated heterocycles. The summed E-state index contributed by atoms with van der Waals surface area (Å²) in [5, 5.41) is 4.48. The van der Waals surface area contributed by atoms with Gasteiger partial charge in [0.05, 0.1) is 32.4 Å². The third kappa shape index (κ3) is 6.69. The van der Waals surface area contributed by atoms with Crippen LogP contribution < -0.4 is 10.4 Å². The van der Waals surface area contributed by atoms with Crippen LogP contribution in [0.3, 0.4) is 0 Å². The number of ether oxygens (including phenoxy) is 2. The second-order valence-corrected chi connectivity index (χ2v) is 10.4. The summed E-state index contributed by atoms with van der Waals surface area (Å²) in [6.45, 7) is 10.2. The summed E-state index contributed by atoms with van der Waals surface area (Å²) in [5.41, 5.74) is 0.699. The Hall–Kier alpha value is -3.37. The van der Waals surface area contributed by atoms with Gasteiger partial charge in [0.1, 0.15) is 11.6 Å². The standard InChI is InChI=1S/C27H34FN5O4/c1-27(2,3)17-21(34)16-25-30-33(26(35)32(25)20-6-7-22(28)23(15-20)36-4)24-8-5-19(18-29-24)9-10-31-11-13-37-14-12-31/h5-8,15,18H,9-14,16-17H2,1-4H3. The predicted molar refractivity (Wildman–Crippen MR) is 137 cm³/mol. The van der Waals surface area contributed by atoms with E-state index in [1.54, 1.807) is 12.3 Å². The van der Waals surface area contributed by atoms with Crippen LogP contribution in [0.2, 0.25) is 0 Å². The molecule has 0 spiro atoms. The van der Waals surface area contributed by atoms with Gasteiger partial charge in [-0.1, -0.05) is 26.8 Å². The zero-order valence-electron chi connectivity index (χ0n) is 21.9. The highest BCUT2D eigenvalue weighted by atomic mass is 19.1. The van der Waals surface area contributed by atoms with E-state index in [1.165, 1.54) is 34.6 Å². The lowest BCUT2D eigenvalue weighted by Crippen LogP contribution is -2.37. The highest BCUT2D eigenvalue weighted by Gasteiger charge is 2.23. The second kappa shape index (κ2) is 11.4. The molecule has 1 fully saturated rings. The lowest BCUT2D eigenvalue weighted by atomic mass is 9.89. The predicted octanol–water partition coefficient (Wildman–Crippen LogP) is 2.99. The molecule has 0 radical (unpaired) electrons. The fourth-order valence-electron chi connectivity index (χ4n) is 4.35. The number of nitrogens with zero attached hydrogens (tertiary/aromatic N) is 5. The van der Waals surface area contributed by atoms with Crippen molar-refractivity contribution in [3.05, 3.63) is 64.2 Å². The minimum absolute atomic E-state index is 0.00753. The van der Waals surface area contributed by atoms with Gasteiger partial charge in [-0.25, -0.2) is 18.7 Å². The van der Waals surface area contributed by atoms with Crippen molar-refractivity contribution in [2.24, 2.45) is 5.41 Å². The maximum absolute atomic E-state index is 14.1. The molecule has 0 aliphatic carbocycles. The first kappa shape index (κ1) is 26.7. The molecular formula is C27H34FN5O4. The second-order valence-electron chi connectivity index (χ2n) is 10.4. The van der Waals surface area contributed by atoms with Crippen molar-refractivity contribution in [1.82, 2.24) is 24.2 Å². The molecule has 0 bridgehead atoms. The largest absolute Gasteiger partial charge is 0.494 e. The minimum atomic E-state index is -0.550. The van der Waals surface area contributed by atoms with Gasteiger partial charge >= 0.3 is 5.69 Å². The first-order valence-corrected chi connectivity index (χ1v) is 12.5. The van der Waals surface area contributed by atoms with Gasteiger partial charge in [-0.2, -0.15) is 4.68 Å². The molecule has 0 amide bonds. The SMILES string of the molecule is COc1cc(-n2c(CC(=O)CC(C)(C)C)nn(-c3ccc(CCN4CCOCC4)cn3)c2=O)ccc1F. The number of hydrogen-bond acceptors (Lipinski definition) is 7. The Morgan fingerprint density at radius 1 is 1.16 bits per heavy atom. The topological polar surface area (TPSA) is 91.5 Å². The van der Waals surface area contributed by atoms with Crippen LogP contribution in [-0.4, -0.2) is 70.0 Å². The van der Waals surface area contributed by atoms with Crippen molar-refractivity contribution in [2.45, 2.75) is 40.0 Å². The number of aromatic nitrogens is 4. The Labute approximate surface area is 215 Å². The number of Topliss-reactive ketones (excluding diaryl/α,β-unsaturated/α-hetero) is 1. The minimum Gasteiger partial charge on any atom is -0.494 e. The summed E-state index contributed by atoms with van der Waals surface area (Å²) in [7, 11) is 1.35. The molecule has 0 saturated carbocycles. The Bertz CT molecular complexity index is 1290. The van der Waals surface area contributed by atoms with Gasteiger partial charge in [0.25, 0.3) is 0 Å². The molecule has 9 nitrogen and oxygen atoms in total. The van der Waals surface area contributed by atoms with E-state index in [4.69, 9.17) is 9.47 Å². The zero-order valence-corrected chi connectivity index (χ0v) is 21.9. The Balaban J connectivity index is 1.64. The molecule has 37 heavy (non-hydrogen) atoms. The summed E-state index contributed by atoms with van der Waals surface area (Å²) in [4.78, 5) is 33.2. The van der Waals surface area contributed by atoms with Gasteiger partial charge in [0.2, 0.25) is 0 Å². The van der Waals surface area contributed by atoms with Gasteiger partial charge < -0.3 is 9.47 Å². The van der Waals surface area contributed by atoms with Gasteiger partial charge in [0.15, 0.2) is 17.4 Å². The highest BCUT2D eigenvalue weighted by Crippen LogP contribution is 2.23. The fraction of sp³-hybridized carbons (Fsp3) is 0.481. The quantitative estimate of drug-likeness (QED) is 0.436. The van der Waals surface area contributed by atoms with Crippen LogP contribution in [-0.2, 0) is 22.4 Å². The van der Waals surface area contributed by atoms with E-state index in [0.29, 0.717) is 17.9 Å². The fourth-order valence-corrected chi connectivity index (χ4v) is 4.35. The first-order valence-electron chi connectivity index (χ1n) is 12.5. The summed E-state index contributed by atoms with van der Waals surface area (Å²) < 4.78 is 27.1. The van der Waals surface area contributed by atoms with Crippen LogP contribution in [0.1, 0.15) is 38.6 Å². The van der Waals surface area contributed by atoms with Crippen molar-refractivity contribution in [3.8, 4) is 17.3 Å². The van der Waals surface area contributed by atoms with Crippen molar-refractivity contribution in [1.29, 1.82) is 0 Å². The maximum Gasteiger partial charge on any atom is 0.356 e. The average molecular weight is 512 g/mol. The maximum atomic E-state index is 14.1. The third-order valence-electron chi connectivity index (χ3n) is 6.17. The number of carbonyl (C=O) groups is 1. The van der Waals surface area contributed by atoms with Crippen LogP contribution in [0.15, 0.2) is 41.3 Å². The number of benzene rings is 1. The molecule has 0 N–H and O–H groups in total. The van der Waals surface area contributed by atoms with Crippen LogP contribution in [0.5, 0.6) is 5.75 Å². The lowest BCUT2D eigenvalue weighted by molar-refractivity contribution is -0.120. The summed E-state index contributed by atoms with van der Waals surface area (Å²) in [5.74, 6) is -0.00628. The zero-order chi connectivity index (χ0) is 26.6. The highest BCUT2D eigenvalue weighted by molar-refractivity contribution is 5.80. The van der Waals surface area contributed by atoms with E-state index in [-0.39, 0.29) is 29.2 Å². The Morgan fingerprint density at radius 2 is 1.92 bits per heavy atom. The van der Waals surface area contributed by atoms with Crippen LogP contribution in [0, 0.1) is 11.2 Å². The molecule has 3 aromatic rings. The number of pyridine rings is 1. The van der Waals surface area contributed by atoms with E-state index < -0.39 is 11.5 Å². The van der Waals surface area contributed by atoms with Gasteiger partial charge in [-0.3, -0.25) is 9.69 Å². The average Bonchev–Trinajstić information content (AvgIpc) is 3.18. The molecule has 0 unspecified atom stereocenters. The molecule has 1 aromatic carbocycles. The molecule has 2 aromatic heterocycles. The number of ketones is 1. The van der Waals surface area contributed by atoms with Crippen molar-refractivity contribution < 1.29 is 18.7 Å². The molecule has 198 valence electrons. The van der Waals surface area contributed by atoms with Gasteiger partial charge in [0, 0.05) is 38.3 Å². The number of halogens is 1. The smallest absolute Gasteiger partial charge is 0.356 e. The Morgan fingerprint density at radius 3 is 2.57 bits per heavy atom. The summed E-state index contributed by atoms with van der Waals surface area (Å²) >= 11 is 0. The number of hydrogen-bond donors (Lipinski definition) is 0. The van der Waals surface area contributed by atoms with E-state index in [0.717, 1.165) is 44.8 Å². The summed E-state index contributed by atoms with van der Waals surface area (Å²) in [6.07, 6.45) is 2.86. The van der Waals surface area contributed by atoms with Gasteiger partial charge in [-0.15, -0.1) is 5.10 Å². The van der Waals surface area contributed by atoms with E-state index in [1.807, 2.05) is 26.8 Å². The van der Waals surface area contributed by atoms with E-state index in [2.05, 4.69) is 15.0 Å². The lowest BCUT2D eigenvalue weighted by Gasteiger charge is -2.26. The van der Waals surface area contributed by atoms with Crippen LogP contribution in [0.25, 0.3) is 11.5 Å². The molecule has 1 aliphatic rings. The van der Waals surface area contributed by atoms with E-state index >= 15 is 0 Å². The van der Waals surface area contributed by atoms with Crippen molar-refractivity contribution in [2.75, 3.05) is 40.0 Å². The molecule has 3 heterocycles. The van der Waals surface area contributed by atoms with Crippen LogP contribution >= 0.6 is 0 Å². The monoisotopic (exact) mass is 511 g/mol. The molecule has 4 rings (SSSR count). The van der Waals surface area contributed by atoms with Gasteiger partial charge in [-0.05, 0) is 35.6 Å². The van der Waals surface area contributed by atoms with Crippen LogP contribution in [0.4, 0.5) is 4.39 Å². The third-order valence-corrected chi connectivity index (χ3v) is 6.17. The number of carbonyl (C=O) groups excluding carboxylic acids is 1. The Kier molecular flexibility index (Phi) is 8.19. The molecule has 0 atom stereocenters. The van der Waals surface area contributed by atoms with E-state index in [9.17, 15) is 14.0 Å². The van der Waals surface area contributed by atoms with Crippen molar-refractivity contribution >= 4 is 5.78 Å². The number of rotatable bonds is 9. The molecular weight excluding hydrogens is 477 g/mol. The molecule has 1 aliphatic heterocycles. The van der Waals surface area contributed by atoms with Crippen molar-refractivity contribution in [3.63, 3.8) is 0 Å². The number of morpholine rings is 1.